The molecule has 1 radical (unpaired) electrons. The van der Waals surface area contributed by atoms with Crippen molar-refractivity contribution in [3.8, 4) is 0 Å². The smallest absolute Gasteiger partial charge is 0.386 e. The third kappa shape index (κ3) is 2.88. The van der Waals surface area contributed by atoms with Crippen molar-refractivity contribution in [2.45, 2.75) is 24.5 Å². The Morgan fingerprint density at radius 2 is 2.21 bits per heavy atom. The Morgan fingerprint density at radius 3 is 2.96 bits per heavy atom. The van der Waals surface area contributed by atoms with Gasteiger partial charge in [-0.25, -0.2) is 19.5 Å². The van der Waals surface area contributed by atoms with Crippen molar-refractivity contribution in [2.75, 3.05) is 12.3 Å². The van der Waals surface area contributed by atoms with E-state index >= 15 is 0 Å². The molecule has 2 saturated heterocycles. The summed E-state index contributed by atoms with van der Waals surface area (Å²) in [5.41, 5.74) is 6.24. The maximum absolute atomic E-state index is 11.5. The molecule has 14 heteroatoms. The van der Waals surface area contributed by atoms with Crippen molar-refractivity contribution in [3.63, 3.8) is 0 Å². The molecule has 2 aromatic rings. The number of hydrogen-bond donors (Lipinski definition) is 3. The number of imidazole rings is 1. The first-order chi connectivity index (χ1) is 10.9. The topological polar surface area (TPSA) is 155 Å². The van der Waals surface area contributed by atoms with Crippen molar-refractivity contribution in [2.24, 2.45) is 0 Å². The molecule has 2 aliphatic rings. The van der Waals surface area contributed by atoms with Crippen LogP contribution in [0.2, 0.25) is 5.28 Å². The van der Waals surface area contributed by atoms with Crippen molar-refractivity contribution in [1.82, 2.24) is 19.5 Å². The van der Waals surface area contributed by atoms with E-state index in [0.717, 1.165) is 0 Å². The number of nitrogen functional groups attached to an aromatic ring is 1. The number of nitrogens with two attached hydrogens (primary N) is 1. The summed E-state index contributed by atoms with van der Waals surface area (Å²) in [6, 6.07) is 0. The van der Waals surface area contributed by atoms with Crippen molar-refractivity contribution >= 4 is 66.0 Å². The molecule has 0 aromatic carbocycles. The Kier molecular flexibility index (Phi) is 4.95. The minimum atomic E-state index is -4.21. The first-order valence-corrected chi connectivity index (χ1v) is 8.38. The molecule has 2 fully saturated rings. The number of aliphatic hydroxyl groups excluding tert-OH is 1. The van der Waals surface area contributed by atoms with E-state index in [-0.39, 0.29) is 58.4 Å². The summed E-state index contributed by atoms with van der Waals surface area (Å²) in [7, 11) is -4.21. The van der Waals surface area contributed by atoms with Gasteiger partial charge in [-0.3, -0.25) is 13.6 Å². The summed E-state index contributed by atoms with van der Waals surface area (Å²) in [5, 5.41) is 10.4. The molecule has 4 N–H and O–H groups in total. The Morgan fingerprint density at radius 1 is 1.46 bits per heavy atom. The fraction of sp³-hybridized carbons (Fsp3) is 0.500. The van der Waals surface area contributed by atoms with Gasteiger partial charge in [-0.05, 0) is 11.6 Å². The van der Waals surface area contributed by atoms with Gasteiger partial charge in [0.25, 0.3) is 0 Å². The second-order valence-corrected chi connectivity index (χ2v) is 6.82. The molecule has 11 nitrogen and oxygen atoms in total. The van der Waals surface area contributed by atoms with E-state index in [4.69, 9.17) is 26.6 Å². The number of aliphatic hydroxyl groups is 1. The predicted octanol–water partition coefficient (Wildman–Crippen LogP) is -0.545. The van der Waals surface area contributed by atoms with Gasteiger partial charge in [0.05, 0.1) is 6.61 Å². The SMILES string of the molecule is Nc1ncnc2c1nc(Cl)n2[C@@H]1O[C@@H]2COP(=O)(O)O[C@H]2[C@H]1O.[Na]. The van der Waals surface area contributed by atoms with Gasteiger partial charge in [0, 0.05) is 29.6 Å². The van der Waals surface area contributed by atoms with E-state index in [0.29, 0.717) is 0 Å². The molecule has 4 heterocycles. The molecule has 2 aliphatic heterocycles. The van der Waals surface area contributed by atoms with Gasteiger partial charge in [0.1, 0.15) is 24.6 Å². The van der Waals surface area contributed by atoms with E-state index in [1.54, 1.807) is 0 Å². The molecule has 0 spiro atoms. The van der Waals surface area contributed by atoms with Crippen LogP contribution >= 0.6 is 19.4 Å². The normalized spacial score (nSPS) is 35.6. The average Bonchev–Trinajstić information content (AvgIpc) is 2.97. The standard InChI is InChI=1S/C10H11ClN5O6P.Na/c11-10-15-4-7(12)13-2-14-8(4)16(10)9-5(17)6-3(21-9)1-20-23(18,19)22-6;/h2-3,5-6,9,17H,1H2,(H,18,19)(H2,12,13,14);/t3-,5-,6-,9-;/m1./s1. The molecule has 1 unspecified atom stereocenters. The van der Waals surface area contributed by atoms with Crippen LogP contribution in [0, 0.1) is 0 Å². The van der Waals surface area contributed by atoms with E-state index in [2.05, 4.69) is 19.5 Å². The summed E-state index contributed by atoms with van der Waals surface area (Å²) in [6.07, 6.45) is -2.87. The third-order valence-corrected chi connectivity index (χ3v) is 4.93. The minimum absolute atomic E-state index is 0. The number of fused-ring (bicyclic) bond motifs is 2. The van der Waals surface area contributed by atoms with E-state index in [1.807, 2.05) is 0 Å². The first-order valence-electron chi connectivity index (χ1n) is 6.50. The van der Waals surface area contributed by atoms with Gasteiger partial charge in [-0.1, -0.05) is 0 Å². The number of rotatable bonds is 1. The van der Waals surface area contributed by atoms with Crippen molar-refractivity contribution in [3.05, 3.63) is 11.6 Å². The van der Waals surface area contributed by atoms with Crippen LogP contribution in [-0.4, -0.2) is 84.0 Å². The van der Waals surface area contributed by atoms with Crippen LogP contribution in [0.15, 0.2) is 6.33 Å². The fourth-order valence-corrected chi connectivity index (χ4v) is 3.90. The van der Waals surface area contributed by atoms with E-state index in [1.165, 1.54) is 10.9 Å². The number of phosphoric acid groups is 1. The van der Waals surface area contributed by atoms with Crippen molar-refractivity contribution in [1.29, 1.82) is 0 Å². The fourth-order valence-electron chi connectivity index (χ4n) is 2.67. The number of halogens is 1. The number of hydrogen-bond acceptors (Lipinski definition) is 9. The molecule has 24 heavy (non-hydrogen) atoms. The molecular weight excluding hydrogens is 376 g/mol. The number of aromatic nitrogens is 4. The zero-order valence-electron chi connectivity index (χ0n) is 12.3. The zero-order chi connectivity index (χ0) is 16.4. The summed E-state index contributed by atoms with van der Waals surface area (Å²) in [5.74, 6) is 0.125. The van der Waals surface area contributed by atoms with Gasteiger partial charge < -0.3 is 20.5 Å². The van der Waals surface area contributed by atoms with Crippen LogP contribution in [0.3, 0.4) is 0 Å². The Hall–Kier alpha value is -0.330. The first kappa shape index (κ1) is 18.5. The Bertz CT molecular complexity index is 837. The largest absolute Gasteiger partial charge is 0.472 e. The Balaban J connectivity index is 0.00000169. The third-order valence-electron chi connectivity index (χ3n) is 3.68. The molecule has 0 amide bonds. The monoisotopic (exact) mass is 386 g/mol. The van der Waals surface area contributed by atoms with Gasteiger partial charge in [-0.15, -0.1) is 0 Å². The number of phosphoric ester groups is 1. The average molecular weight is 387 g/mol. The molecule has 0 saturated carbocycles. The summed E-state index contributed by atoms with van der Waals surface area (Å²) in [6.45, 7) is -0.201. The van der Waals surface area contributed by atoms with Crippen LogP contribution in [-0.2, 0) is 18.3 Å². The molecule has 4 rings (SSSR count). The molecule has 0 aliphatic carbocycles. The van der Waals surface area contributed by atoms with E-state index < -0.39 is 32.4 Å². The number of ether oxygens (including phenoxy) is 1. The summed E-state index contributed by atoms with van der Waals surface area (Å²) < 4.78 is 28.0. The van der Waals surface area contributed by atoms with E-state index in [9.17, 15) is 14.6 Å². The van der Waals surface area contributed by atoms with Crippen LogP contribution in [0.25, 0.3) is 11.2 Å². The van der Waals surface area contributed by atoms with Crippen molar-refractivity contribution < 1.29 is 28.3 Å². The van der Waals surface area contributed by atoms with Gasteiger partial charge in [0.15, 0.2) is 23.2 Å². The van der Waals surface area contributed by atoms with Gasteiger partial charge in [-0.2, -0.15) is 0 Å². The van der Waals surface area contributed by atoms with Crippen LogP contribution in [0.1, 0.15) is 6.23 Å². The second-order valence-electron chi connectivity index (χ2n) is 5.07. The maximum atomic E-state index is 11.5. The summed E-state index contributed by atoms with van der Waals surface area (Å²) >= 11 is 6.10. The maximum Gasteiger partial charge on any atom is 0.472 e. The molecule has 125 valence electrons. The number of anilines is 1. The second kappa shape index (κ2) is 6.44. The number of nitrogens with zero attached hydrogens (tertiary/aromatic N) is 4. The van der Waals surface area contributed by atoms with Gasteiger partial charge >= 0.3 is 7.82 Å². The summed E-state index contributed by atoms with van der Waals surface area (Å²) in [4.78, 5) is 21.3. The van der Waals surface area contributed by atoms with Gasteiger partial charge in [0.2, 0.25) is 5.28 Å². The predicted molar refractivity (Wildman–Crippen MR) is 81.1 cm³/mol. The Labute approximate surface area is 162 Å². The molecular formula is C10H11ClN5NaO6P. The molecule has 0 bridgehead atoms. The minimum Gasteiger partial charge on any atom is -0.386 e. The quantitative estimate of drug-likeness (QED) is 0.330. The zero-order valence-corrected chi connectivity index (χ0v) is 16.0. The van der Waals surface area contributed by atoms with Crippen LogP contribution in [0.5, 0.6) is 0 Å². The molecule has 5 atom stereocenters. The van der Waals surface area contributed by atoms with Crippen LogP contribution in [0.4, 0.5) is 5.82 Å². The molecule has 2 aromatic heterocycles. The van der Waals surface area contributed by atoms with Crippen LogP contribution < -0.4 is 5.73 Å².